The molecule has 116 valence electrons. The Labute approximate surface area is 130 Å². The van der Waals surface area contributed by atoms with Crippen molar-refractivity contribution in [2.24, 2.45) is 23.7 Å². The molecule has 0 radical (unpaired) electrons. The highest BCUT2D eigenvalue weighted by molar-refractivity contribution is 5.96. The molecular weight excluding hydrogens is 278 g/mol. The Hall–Kier alpha value is -2.10. The van der Waals surface area contributed by atoms with Crippen LogP contribution in [0.25, 0.3) is 0 Å². The molecule has 1 aromatic rings. The number of nitrogens with one attached hydrogen (secondary N) is 1. The van der Waals surface area contributed by atoms with Crippen LogP contribution < -0.4 is 5.32 Å². The molecule has 4 atom stereocenters. The zero-order chi connectivity index (χ0) is 15.9. The van der Waals surface area contributed by atoms with E-state index in [4.69, 9.17) is 0 Å². The maximum absolute atomic E-state index is 12.7. The Bertz CT molecular complexity index is 650. The van der Waals surface area contributed by atoms with Crippen molar-refractivity contribution >= 4 is 17.6 Å². The largest absolute Gasteiger partial charge is 0.481 e. The van der Waals surface area contributed by atoms with Crippen LogP contribution in [0, 0.1) is 37.5 Å². The van der Waals surface area contributed by atoms with Crippen molar-refractivity contribution in [3.8, 4) is 0 Å². The number of allylic oxidation sites excluding steroid dienone is 2. The summed E-state index contributed by atoms with van der Waals surface area (Å²) >= 11 is 0. The summed E-state index contributed by atoms with van der Waals surface area (Å²) in [5.74, 6) is -2.08. The van der Waals surface area contributed by atoms with Crippen molar-refractivity contribution in [3.63, 3.8) is 0 Å². The molecule has 1 aromatic carbocycles. The minimum absolute atomic E-state index is 0.0163. The number of carbonyl (C=O) groups excluding carboxylic acids is 1. The van der Waals surface area contributed by atoms with Crippen LogP contribution in [0.3, 0.4) is 0 Å². The summed E-state index contributed by atoms with van der Waals surface area (Å²) in [4.78, 5) is 24.3. The first kappa shape index (κ1) is 14.8. The topological polar surface area (TPSA) is 66.4 Å². The molecule has 0 aromatic heterocycles. The first-order chi connectivity index (χ1) is 10.5. The van der Waals surface area contributed by atoms with E-state index in [0.29, 0.717) is 0 Å². The monoisotopic (exact) mass is 299 g/mol. The lowest BCUT2D eigenvalue weighted by molar-refractivity contribution is -0.151. The molecule has 22 heavy (non-hydrogen) atoms. The Balaban J connectivity index is 1.84. The summed E-state index contributed by atoms with van der Waals surface area (Å²) in [6.45, 7) is 3.95. The third kappa shape index (κ3) is 2.54. The quantitative estimate of drug-likeness (QED) is 0.843. The maximum Gasteiger partial charge on any atom is 0.307 e. The fourth-order valence-electron chi connectivity index (χ4n) is 3.86. The van der Waals surface area contributed by atoms with Gasteiger partial charge in [0.2, 0.25) is 5.91 Å². The van der Waals surface area contributed by atoms with Crippen molar-refractivity contribution in [1.82, 2.24) is 0 Å². The molecule has 2 N–H and O–H groups in total. The van der Waals surface area contributed by atoms with Gasteiger partial charge in [0, 0.05) is 5.69 Å². The molecule has 3 aliphatic rings. The van der Waals surface area contributed by atoms with E-state index >= 15 is 0 Å². The van der Waals surface area contributed by atoms with Gasteiger partial charge in [0.1, 0.15) is 0 Å². The van der Waals surface area contributed by atoms with Gasteiger partial charge in [-0.15, -0.1) is 0 Å². The third-order valence-corrected chi connectivity index (χ3v) is 4.98. The van der Waals surface area contributed by atoms with Crippen molar-refractivity contribution in [2.45, 2.75) is 26.7 Å². The summed E-state index contributed by atoms with van der Waals surface area (Å²) in [6, 6.07) is 5.84. The fraction of sp³-hybridized carbons (Fsp3) is 0.444. The van der Waals surface area contributed by atoms with Crippen LogP contribution in [0.5, 0.6) is 0 Å². The number of carboxylic acid groups (broad SMARTS) is 1. The summed E-state index contributed by atoms with van der Waals surface area (Å²) in [5.41, 5.74) is 2.90. The minimum atomic E-state index is -0.861. The van der Waals surface area contributed by atoms with E-state index in [1.165, 1.54) is 0 Å². The number of amides is 1. The predicted molar refractivity (Wildman–Crippen MR) is 84.5 cm³/mol. The zero-order valence-corrected chi connectivity index (χ0v) is 12.9. The second kappa shape index (κ2) is 5.59. The average molecular weight is 299 g/mol. The summed E-state index contributed by atoms with van der Waals surface area (Å²) in [7, 11) is 0. The van der Waals surface area contributed by atoms with Gasteiger partial charge in [0.25, 0.3) is 0 Å². The van der Waals surface area contributed by atoms with Crippen LogP contribution in [0.1, 0.15) is 24.0 Å². The maximum atomic E-state index is 12.7. The summed E-state index contributed by atoms with van der Waals surface area (Å²) < 4.78 is 0. The Kier molecular flexibility index (Phi) is 3.77. The number of carboxylic acids is 1. The van der Waals surface area contributed by atoms with Gasteiger partial charge in [-0.2, -0.15) is 0 Å². The van der Waals surface area contributed by atoms with Gasteiger partial charge in [0.15, 0.2) is 0 Å². The highest BCUT2D eigenvalue weighted by atomic mass is 16.4. The number of aryl methyl sites for hydroxylation is 2. The zero-order valence-electron chi connectivity index (χ0n) is 12.9. The Morgan fingerprint density at radius 3 is 2.27 bits per heavy atom. The van der Waals surface area contributed by atoms with Crippen molar-refractivity contribution < 1.29 is 14.7 Å². The van der Waals surface area contributed by atoms with E-state index in [2.05, 4.69) is 5.32 Å². The lowest BCUT2D eigenvalue weighted by atomic mass is 9.62. The number of hydrogen-bond donors (Lipinski definition) is 2. The van der Waals surface area contributed by atoms with Gasteiger partial charge in [-0.3, -0.25) is 9.59 Å². The molecule has 4 nitrogen and oxygen atoms in total. The van der Waals surface area contributed by atoms with E-state index in [0.717, 1.165) is 29.7 Å². The Morgan fingerprint density at radius 1 is 1.09 bits per heavy atom. The molecule has 0 saturated heterocycles. The van der Waals surface area contributed by atoms with Crippen LogP contribution in [0.4, 0.5) is 5.69 Å². The van der Waals surface area contributed by atoms with Crippen LogP contribution in [0.15, 0.2) is 30.4 Å². The normalized spacial score (nSPS) is 29.4. The van der Waals surface area contributed by atoms with Gasteiger partial charge in [-0.1, -0.05) is 29.8 Å². The molecule has 4 rings (SSSR count). The van der Waals surface area contributed by atoms with Crippen molar-refractivity contribution in [1.29, 1.82) is 0 Å². The van der Waals surface area contributed by atoms with Gasteiger partial charge in [-0.25, -0.2) is 0 Å². The smallest absolute Gasteiger partial charge is 0.307 e. The standard InChI is InChI=1S/C18H21NO3/c1-10-3-8-14(11(2)9-10)19-17(20)15-12-4-6-13(7-5-12)16(15)18(21)22/h3-4,6,8-9,12-13,15-16H,5,7H2,1-2H3,(H,19,20)(H,21,22). The van der Waals surface area contributed by atoms with Crippen molar-refractivity contribution in [3.05, 3.63) is 41.5 Å². The van der Waals surface area contributed by atoms with E-state index in [9.17, 15) is 14.7 Å². The molecule has 0 spiro atoms. The number of anilines is 1. The van der Waals surface area contributed by atoms with Crippen LogP contribution in [0.2, 0.25) is 0 Å². The minimum Gasteiger partial charge on any atom is -0.481 e. The molecule has 1 amide bonds. The van der Waals surface area contributed by atoms with Gasteiger partial charge in [0.05, 0.1) is 11.8 Å². The molecule has 3 aliphatic carbocycles. The predicted octanol–water partition coefficient (Wildman–Crippen LogP) is 3.15. The summed E-state index contributed by atoms with van der Waals surface area (Å²) in [6.07, 6.45) is 5.77. The highest BCUT2D eigenvalue weighted by Crippen LogP contribution is 2.45. The second-order valence-corrected chi connectivity index (χ2v) is 6.49. The van der Waals surface area contributed by atoms with E-state index < -0.39 is 17.8 Å². The number of rotatable bonds is 3. The van der Waals surface area contributed by atoms with Gasteiger partial charge >= 0.3 is 5.97 Å². The number of hydrogen-bond acceptors (Lipinski definition) is 2. The van der Waals surface area contributed by atoms with E-state index in [1.807, 2.05) is 44.2 Å². The first-order valence-electron chi connectivity index (χ1n) is 7.76. The number of fused-ring (bicyclic) bond motifs is 2. The summed E-state index contributed by atoms with van der Waals surface area (Å²) in [5, 5.41) is 12.5. The molecule has 0 aliphatic heterocycles. The fourth-order valence-corrected chi connectivity index (χ4v) is 3.86. The third-order valence-electron chi connectivity index (χ3n) is 4.98. The lowest BCUT2D eigenvalue weighted by Crippen LogP contribution is -2.47. The number of aliphatic carboxylic acids is 1. The number of benzene rings is 1. The second-order valence-electron chi connectivity index (χ2n) is 6.49. The lowest BCUT2D eigenvalue weighted by Gasteiger charge is -2.41. The molecule has 4 heteroatoms. The molecule has 1 saturated carbocycles. The molecule has 0 heterocycles. The van der Waals surface area contributed by atoms with Gasteiger partial charge < -0.3 is 10.4 Å². The van der Waals surface area contributed by atoms with Gasteiger partial charge in [-0.05, 0) is 50.2 Å². The number of carbonyl (C=O) groups is 2. The molecular formula is C18H21NO3. The highest BCUT2D eigenvalue weighted by Gasteiger charge is 2.48. The van der Waals surface area contributed by atoms with E-state index in [-0.39, 0.29) is 17.7 Å². The van der Waals surface area contributed by atoms with Crippen LogP contribution >= 0.6 is 0 Å². The first-order valence-corrected chi connectivity index (χ1v) is 7.76. The van der Waals surface area contributed by atoms with Crippen molar-refractivity contribution in [2.75, 3.05) is 5.32 Å². The SMILES string of the molecule is Cc1ccc(NC(=O)C2C3C=CC(CC3)C2C(=O)O)c(C)c1. The molecule has 2 bridgehead atoms. The molecule has 4 unspecified atom stereocenters. The van der Waals surface area contributed by atoms with Crippen LogP contribution in [-0.2, 0) is 9.59 Å². The Morgan fingerprint density at radius 2 is 1.73 bits per heavy atom. The average Bonchev–Trinajstić information content (AvgIpc) is 2.50. The molecule has 1 fully saturated rings. The van der Waals surface area contributed by atoms with E-state index in [1.54, 1.807) is 0 Å². The van der Waals surface area contributed by atoms with Crippen LogP contribution in [-0.4, -0.2) is 17.0 Å².